The first-order valence-corrected chi connectivity index (χ1v) is 10.8. The van der Waals surface area contributed by atoms with Crippen LogP contribution in [0.2, 0.25) is 0 Å². The number of ether oxygens (including phenoxy) is 1. The first kappa shape index (κ1) is 20.6. The van der Waals surface area contributed by atoms with Crippen molar-refractivity contribution >= 4 is 17.0 Å². The van der Waals surface area contributed by atoms with E-state index in [0.29, 0.717) is 24.3 Å². The van der Waals surface area contributed by atoms with Crippen molar-refractivity contribution in [2.24, 2.45) is 0 Å². The Morgan fingerprint density at radius 3 is 2.54 bits per heavy atom. The van der Waals surface area contributed by atoms with Crippen molar-refractivity contribution in [1.82, 2.24) is 24.4 Å². The van der Waals surface area contributed by atoms with Crippen LogP contribution in [0.3, 0.4) is 0 Å². The molecule has 0 bridgehead atoms. The third-order valence-electron chi connectivity index (χ3n) is 5.41. The lowest BCUT2D eigenvalue weighted by molar-refractivity contribution is 0.224. The highest BCUT2D eigenvalue weighted by Gasteiger charge is 2.14. The summed E-state index contributed by atoms with van der Waals surface area (Å²) < 4.78 is 7.24. The van der Waals surface area contributed by atoms with Gasteiger partial charge in [-0.2, -0.15) is 9.97 Å². The van der Waals surface area contributed by atoms with Crippen LogP contribution < -0.4 is 16.2 Å². The number of piperidine rings is 1. The second kappa shape index (κ2) is 10.5. The maximum absolute atomic E-state index is 12.3. The minimum Gasteiger partial charge on any atom is -0.463 e. The van der Waals surface area contributed by atoms with Gasteiger partial charge in [-0.05, 0) is 51.7 Å². The predicted octanol–water partition coefficient (Wildman–Crippen LogP) is 2.93. The summed E-state index contributed by atoms with van der Waals surface area (Å²) >= 11 is 0. The van der Waals surface area contributed by atoms with E-state index in [-0.39, 0.29) is 17.5 Å². The first-order valence-electron chi connectivity index (χ1n) is 10.8. The molecule has 28 heavy (non-hydrogen) atoms. The molecule has 0 aliphatic carbocycles. The van der Waals surface area contributed by atoms with Crippen LogP contribution in [-0.2, 0) is 6.54 Å². The maximum atomic E-state index is 12.3. The van der Waals surface area contributed by atoms with E-state index in [1.165, 1.54) is 51.7 Å². The normalized spacial score (nSPS) is 15.3. The zero-order valence-corrected chi connectivity index (χ0v) is 17.1. The molecule has 0 atom stereocenters. The minimum atomic E-state index is -0.185. The number of hydrogen-bond donors (Lipinski definition) is 2. The van der Waals surface area contributed by atoms with E-state index in [4.69, 9.17) is 10.5 Å². The number of nitrogens with two attached hydrogens (primary N) is 1. The Kier molecular flexibility index (Phi) is 7.71. The molecule has 8 heteroatoms. The van der Waals surface area contributed by atoms with Gasteiger partial charge in [-0.15, -0.1) is 0 Å². The van der Waals surface area contributed by atoms with Gasteiger partial charge in [0.05, 0.1) is 6.61 Å². The van der Waals surface area contributed by atoms with Gasteiger partial charge in [0.15, 0.2) is 11.5 Å². The predicted molar refractivity (Wildman–Crippen MR) is 112 cm³/mol. The lowest BCUT2D eigenvalue weighted by atomic mass is 10.1. The van der Waals surface area contributed by atoms with Crippen molar-refractivity contribution in [2.45, 2.75) is 71.3 Å². The molecule has 156 valence electrons. The standard InChI is InChI=1S/C20H34N6O2/c1-2-3-15-28-19-23-17(21)16-18(24-19)26(20(27)22-16)14-10-5-4-7-11-25-12-8-6-9-13-25/h2-15H2,1H3,(H,22,27)(H2,21,23,24). The smallest absolute Gasteiger partial charge is 0.327 e. The Balaban J connectivity index is 1.51. The van der Waals surface area contributed by atoms with Crippen LogP contribution in [0.5, 0.6) is 6.01 Å². The zero-order chi connectivity index (χ0) is 19.8. The molecular formula is C20H34N6O2. The molecule has 0 aromatic carbocycles. The lowest BCUT2D eigenvalue weighted by Gasteiger charge is -2.26. The number of rotatable bonds is 11. The van der Waals surface area contributed by atoms with Crippen molar-refractivity contribution in [3.8, 4) is 6.01 Å². The number of nitrogen functional groups attached to an aromatic ring is 1. The Bertz CT molecular complexity index is 794. The van der Waals surface area contributed by atoms with Crippen LogP contribution in [0.4, 0.5) is 5.82 Å². The molecule has 1 aliphatic rings. The van der Waals surface area contributed by atoms with E-state index in [1.807, 2.05) is 0 Å². The molecule has 0 unspecified atom stereocenters. The summed E-state index contributed by atoms with van der Waals surface area (Å²) in [5.74, 6) is 0.258. The van der Waals surface area contributed by atoms with E-state index in [0.717, 1.165) is 25.7 Å². The van der Waals surface area contributed by atoms with Crippen LogP contribution in [0.15, 0.2) is 4.79 Å². The molecule has 0 spiro atoms. The molecule has 1 aliphatic heterocycles. The highest BCUT2D eigenvalue weighted by molar-refractivity contribution is 5.81. The fraction of sp³-hybridized carbons (Fsp3) is 0.750. The molecule has 3 rings (SSSR count). The molecular weight excluding hydrogens is 356 g/mol. The fourth-order valence-corrected chi connectivity index (χ4v) is 3.75. The van der Waals surface area contributed by atoms with Gasteiger partial charge in [0, 0.05) is 6.54 Å². The molecule has 3 N–H and O–H groups in total. The third-order valence-corrected chi connectivity index (χ3v) is 5.41. The van der Waals surface area contributed by atoms with Crippen molar-refractivity contribution in [1.29, 1.82) is 0 Å². The number of aromatic nitrogens is 4. The van der Waals surface area contributed by atoms with Crippen LogP contribution in [0, 0.1) is 0 Å². The van der Waals surface area contributed by atoms with Crippen molar-refractivity contribution < 1.29 is 4.74 Å². The number of nitrogens with zero attached hydrogens (tertiary/aromatic N) is 4. The number of anilines is 1. The summed E-state index contributed by atoms with van der Waals surface area (Å²) in [7, 11) is 0. The zero-order valence-electron chi connectivity index (χ0n) is 17.1. The molecule has 1 saturated heterocycles. The van der Waals surface area contributed by atoms with Crippen LogP contribution in [-0.4, -0.2) is 50.7 Å². The summed E-state index contributed by atoms with van der Waals surface area (Å²) in [5.41, 5.74) is 6.84. The van der Waals surface area contributed by atoms with Gasteiger partial charge in [-0.3, -0.25) is 4.57 Å². The van der Waals surface area contributed by atoms with Crippen molar-refractivity contribution in [2.75, 3.05) is 32.0 Å². The number of unbranched alkanes of at least 4 members (excludes halogenated alkanes) is 4. The molecule has 0 radical (unpaired) electrons. The van der Waals surface area contributed by atoms with Crippen molar-refractivity contribution in [3.63, 3.8) is 0 Å². The average molecular weight is 391 g/mol. The van der Waals surface area contributed by atoms with E-state index in [9.17, 15) is 4.79 Å². The summed E-state index contributed by atoms with van der Waals surface area (Å²) in [4.78, 5) is 26.2. The topological polar surface area (TPSA) is 102 Å². The Morgan fingerprint density at radius 1 is 1.04 bits per heavy atom. The van der Waals surface area contributed by atoms with Crippen LogP contribution in [0.25, 0.3) is 11.2 Å². The molecule has 3 heterocycles. The van der Waals surface area contributed by atoms with E-state index in [2.05, 4.69) is 26.8 Å². The summed E-state index contributed by atoms with van der Waals surface area (Å²) in [6.07, 6.45) is 10.5. The average Bonchev–Trinajstić information content (AvgIpc) is 3.02. The number of fused-ring (bicyclic) bond motifs is 1. The summed E-state index contributed by atoms with van der Waals surface area (Å²) in [5, 5.41) is 0. The van der Waals surface area contributed by atoms with Gasteiger partial charge >= 0.3 is 11.7 Å². The van der Waals surface area contributed by atoms with Gasteiger partial charge < -0.3 is 20.4 Å². The second-order valence-electron chi connectivity index (χ2n) is 7.69. The second-order valence-corrected chi connectivity index (χ2v) is 7.69. The Morgan fingerprint density at radius 2 is 1.79 bits per heavy atom. The lowest BCUT2D eigenvalue weighted by Crippen LogP contribution is -2.30. The number of likely N-dealkylation sites (tertiary alicyclic amines) is 1. The summed E-state index contributed by atoms with van der Waals surface area (Å²) in [6, 6.07) is 0.243. The largest absolute Gasteiger partial charge is 0.463 e. The molecule has 2 aromatic rings. The number of hydrogen-bond acceptors (Lipinski definition) is 6. The quantitative estimate of drug-likeness (QED) is 0.572. The van der Waals surface area contributed by atoms with Crippen LogP contribution >= 0.6 is 0 Å². The van der Waals surface area contributed by atoms with Gasteiger partial charge in [0.1, 0.15) is 5.52 Å². The molecule has 0 saturated carbocycles. The van der Waals surface area contributed by atoms with E-state index >= 15 is 0 Å². The van der Waals surface area contributed by atoms with Crippen molar-refractivity contribution in [3.05, 3.63) is 10.5 Å². The van der Waals surface area contributed by atoms with Crippen LogP contribution in [0.1, 0.15) is 64.7 Å². The molecule has 8 nitrogen and oxygen atoms in total. The fourth-order valence-electron chi connectivity index (χ4n) is 3.75. The molecule has 1 fully saturated rings. The summed E-state index contributed by atoms with van der Waals surface area (Å²) in [6.45, 7) is 7.00. The first-order chi connectivity index (χ1) is 13.7. The highest BCUT2D eigenvalue weighted by Crippen LogP contribution is 2.18. The number of H-pyrrole nitrogens is 1. The monoisotopic (exact) mass is 390 g/mol. The SMILES string of the molecule is CCCCOc1nc(N)c2[nH]c(=O)n(CCCCCCN3CCCCC3)c2n1. The molecule has 0 amide bonds. The van der Waals surface area contributed by atoms with E-state index in [1.54, 1.807) is 4.57 Å². The molecule has 2 aromatic heterocycles. The Hall–Kier alpha value is -2.09. The number of aromatic amines is 1. The van der Waals surface area contributed by atoms with Gasteiger partial charge in [-0.1, -0.05) is 32.6 Å². The number of aryl methyl sites for hydroxylation is 1. The van der Waals surface area contributed by atoms with Gasteiger partial charge in [0.25, 0.3) is 0 Å². The van der Waals surface area contributed by atoms with Gasteiger partial charge in [-0.25, -0.2) is 4.79 Å². The number of imidazole rings is 1. The highest BCUT2D eigenvalue weighted by atomic mass is 16.5. The third kappa shape index (κ3) is 5.47. The maximum Gasteiger partial charge on any atom is 0.327 e. The van der Waals surface area contributed by atoms with Gasteiger partial charge in [0.2, 0.25) is 0 Å². The number of nitrogens with one attached hydrogen (secondary N) is 1. The van der Waals surface area contributed by atoms with E-state index < -0.39 is 0 Å². The Labute approximate surface area is 166 Å². The minimum absolute atomic E-state index is 0.185.